The first-order chi connectivity index (χ1) is 18.3. The lowest BCUT2D eigenvalue weighted by Gasteiger charge is -2.18. The van der Waals surface area contributed by atoms with E-state index in [4.69, 9.17) is 9.47 Å². The maximum Gasteiger partial charge on any atom is 0.341 e. The van der Waals surface area contributed by atoms with Crippen LogP contribution in [-0.2, 0) is 28.8 Å². The summed E-state index contributed by atoms with van der Waals surface area (Å²) in [5.41, 5.74) is 3.80. The zero-order valence-electron chi connectivity index (χ0n) is 22.3. The number of benzene rings is 2. The first-order valence-corrected chi connectivity index (χ1v) is 13.9. The largest absolute Gasteiger partial charge is 0.481 e. The molecule has 1 aliphatic carbocycles. The van der Waals surface area contributed by atoms with E-state index in [-0.39, 0.29) is 18.4 Å². The number of thiophene rings is 1. The standard InChI is InChI=1S/C30H34N2O5S/c1-5-20-8-12-22(13-9-20)31-27(33)19(4)37-23-14-10-21(11-15-23)28(34)32-29-26(30(35)36-6-2)24-16-7-18(3)17-25(24)38-29/h8-15,18-19H,5-7,16-17H2,1-4H3,(H,31,33)(H,32,34)/t18-,19+/m1/s1. The summed E-state index contributed by atoms with van der Waals surface area (Å²) in [5.74, 6) is 0.0254. The van der Waals surface area contributed by atoms with Gasteiger partial charge in [-0.1, -0.05) is 26.0 Å². The molecule has 2 amide bonds. The third-order valence-corrected chi connectivity index (χ3v) is 7.82. The molecule has 0 aliphatic heterocycles. The van der Waals surface area contributed by atoms with Crippen molar-refractivity contribution in [3.63, 3.8) is 0 Å². The molecule has 2 N–H and O–H groups in total. The van der Waals surface area contributed by atoms with E-state index in [0.717, 1.165) is 36.1 Å². The SMILES string of the molecule is CCOC(=O)c1c(NC(=O)c2ccc(O[C@@H](C)C(=O)Nc3ccc(CC)cc3)cc2)sc2c1CC[C@@H](C)C2. The zero-order chi connectivity index (χ0) is 27.2. The van der Waals surface area contributed by atoms with Crippen molar-refractivity contribution >= 4 is 39.8 Å². The van der Waals surface area contributed by atoms with E-state index >= 15 is 0 Å². The van der Waals surface area contributed by atoms with Crippen LogP contribution in [0.1, 0.15) is 70.8 Å². The Balaban J connectivity index is 1.40. The Morgan fingerprint density at radius 2 is 1.74 bits per heavy atom. The second kappa shape index (κ2) is 12.3. The second-order valence-electron chi connectivity index (χ2n) is 9.55. The van der Waals surface area contributed by atoms with Gasteiger partial charge in [-0.05, 0) is 93.0 Å². The summed E-state index contributed by atoms with van der Waals surface area (Å²) in [5, 5.41) is 6.31. The van der Waals surface area contributed by atoms with E-state index < -0.39 is 12.1 Å². The minimum absolute atomic E-state index is 0.265. The van der Waals surface area contributed by atoms with Crippen LogP contribution in [0.4, 0.5) is 10.7 Å². The molecule has 3 aromatic rings. The van der Waals surface area contributed by atoms with Gasteiger partial charge in [0.15, 0.2) is 6.10 Å². The molecule has 0 saturated heterocycles. The highest BCUT2D eigenvalue weighted by atomic mass is 32.1. The normalized spacial score (nSPS) is 15.2. The van der Waals surface area contributed by atoms with Crippen molar-refractivity contribution in [3.8, 4) is 5.75 Å². The number of fused-ring (bicyclic) bond motifs is 1. The lowest BCUT2D eigenvalue weighted by atomic mass is 9.88. The molecule has 8 heteroatoms. The molecule has 7 nitrogen and oxygen atoms in total. The Kier molecular flexibility index (Phi) is 8.84. The van der Waals surface area contributed by atoms with E-state index in [1.807, 2.05) is 24.3 Å². The quantitative estimate of drug-likeness (QED) is 0.316. The Hall–Kier alpha value is -3.65. The van der Waals surface area contributed by atoms with Gasteiger partial charge in [0.05, 0.1) is 12.2 Å². The van der Waals surface area contributed by atoms with Gasteiger partial charge in [-0.15, -0.1) is 11.3 Å². The molecule has 0 spiro atoms. The fourth-order valence-electron chi connectivity index (χ4n) is 4.44. The van der Waals surface area contributed by atoms with Gasteiger partial charge in [-0.3, -0.25) is 9.59 Å². The van der Waals surface area contributed by atoms with E-state index in [9.17, 15) is 14.4 Å². The Labute approximate surface area is 227 Å². The molecule has 2 atom stereocenters. The van der Waals surface area contributed by atoms with Crippen molar-refractivity contribution < 1.29 is 23.9 Å². The van der Waals surface area contributed by atoms with Gasteiger partial charge in [0.2, 0.25) is 0 Å². The van der Waals surface area contributed by atoms with Crippen LogP contribution in [0.2, 0.25) is 0 Å². The maximum atomic E-state index is 13.1. The van der Waals surface area contributed by atoms with Crippen molar-refractivity contribution in [2.24, 2.45) is 5.92 Å². The van der Waals surface area contributed by atoms with E-state index in [2.05, 4.69) is 24.5 Å². The summed E-state index contributed by atoms with van der Waals surface area (Å²) in [6, 6.07) is 14.3. The molecule has 2 aromatic carbocycles. The van der Waals surface area contributed by atoms with Crippen LogP contribution >= 0.6 is 11.3 Å². The number of ether oxygens (including phenoxy) is 2. The number of aryl methyl sites for hydroxylation is 1. The van der Waals surface area contributed by atoms with Crippen molar-refractivity contribution in [2.75, 3.05) is 17.2 Å². The van der Waals surface area contributed by atoms with E-state index in [0.29, 0.717) is 33.5 Å². The minimum Gasteiger partial charge on any atom is -0.481 e. The number of amides is 2. The molecule has 0 saturated carbocycles. The van der Waals surface area contributed by atoms with Gasteiger partial charge in [0.1, 0.15) is 10.8 Å². The zero-order valence-corrected chi connectivity index (χ0v) is 23.1. The van der Waals surface area contributed by atoms with Gasteiger partial charge in [-0.25, -0.2) is 4.79 Å². The predicted octanol–water partition coefficient (Wildman–Crippen LogP) is 6.27. The summed E-state index contributed by atoms with van der Waals surface area (Å²) < 4.78 is 11.1. The van der Waals surface area contributed by atoms with Crippen molar-refractivity contribution in [1.82, 2.24) is 0 Å². The highest BCUT2D eigenvalue weighted by Gasteiger charge is 2.29. The third kappa shape index (κ3) is 6.42. The van der Waals surface area contributed by atoms with Crippen LogP contribution in [-0.4, -0.2) is 30.5 Å². The lowest BCUT2D eigenvalue weighted by molar-refractivity contribution is -0.122. The van der Waals surface area contributed by atoms with Crippen molar-refractivity contribution in [2.45, 2.75) is 59.5 Å². The summed E-state index contributed by atoms with van der Waals surface area (Å²) in [7, 11) is 0. The molecule has 38 heavy (non-hydrogen) atoms. The first kappa shape index (κ1) is 27.4. The average Bonchev–Trinajstić information content (AvgIpc) is 3.26. The fourth-order valence-corrected chi connectivity index (χ4v) is 5.84. The van der Waals surface area contributed by atoms with Crippen LogP contribution < -0.4 is 15.4 Å². The number of anilines is 2. The van der Waals surface area contributed by atoms with Gasteiger partial charge in [0.25, 0.3) is 11.8 Å². The second-order valence-corrected chi connectivity index (χ2v) is 10.7. The Morgan fingerprint density at radius 1 is 1.03 bits per heavy atom. The average molecular weight is 535 g/mol. The molecule has 1 heterocycles. The van der Waals surface area contributed by atoms with Crippen LogP contribution in [0, 0.1) is 5.92 Å². The first-order valence-electron chi connectivity index (χ1n) is 13.1. The topological polar surface area (TPSA) is 93.7 Å². The highest BCUT2D eigenvalue weighted by molar-refractivity contribution is 7.17. The Morgan fingerprint density at radius 3 is 2.39 bits per heavy atom. The van der Waals surface area contributed by atoms with Crippen LogP contribution in [0.5, 0.6) is 5.75 Å². The Bertz CT molecular complexity index is 1300. The molecule has 0 fully saturated rings. The molecule has 1 aromatic heterocycles. The smallest absolute Gasteiger partial charge is 0.341 e. The lowest BCUT2D eigenvalue weighted by Crippen LogP contribution is -2.30. The molecular formula is C30H34N2O5S. The van der Waals surface area contributed by atoms with Crippen molar-refractivity contribution in [1.29, 1.82) is 0 Å². The number of carbonyl (C=O) groups is 3. The number of esters is 1. The summed E-state index contributed by atoms with van der Waals surface area (Å²) >= 11 is 1.46. The predicted molar refractivity (Wildman–Crippen MR) is 150 cm³/mol. The molecule has 0 radical (unpaired) electrons. The molecular weight excluding hydrogens is 500 g/mol. The van der Waals surface area contributed by atoms with E-state index in [1.54, 1.807) is 38.1 Å². The van der Waals surface area contributed by atoms with Crippen LogP contribution in [0.15, 0.2) is 48.5 Å². The number of carbonyl (C=O) groups excluding carboxylic acids is 3. The van der Waals surface area contributed by atoms with Crippen LogP contribution in [0.3, 0.4) is 0 Å². The number of rotatable bonds is 9. The molecule has 4 rings (SSSR count). The molecule has 1 aliphatic rings. The highest BCUT2D eigenvalue weighted by Crippen LogP contribution is 2.40. The van der Waals surface area contributed by atoms with Gasteiger partial charge < -0.3 is 20.1 Å². The van der Waals surface area contributed by atoms with Crippen LogP contribution in [0.25, 0.3) is 0 Å². The number of hydrogen-bond acceptors (Lipinski definition) is 6. The third-order valence-electron chi connectivity index (χ3n) is 6.65. The summed E-state index contributed by atoms with van der Waals surface area (Å²) in [6.07, 6.45) is 2.91. The number of nitrogens with one attached hydrogen (secondary N) is 2. The maximum absolute atomic E-state index is 13.1. The van der Waals surface area contributed by atoms with Gasteiger partial charge in [0, 0.05) is 16.1 Å². The van der Waals surface area contributed by atoms with Gasteiger partial charge >= 0.3 is 5.97 Å². The summed E-state index contributed by atoms with van der Waals surface area (Å²) in [6.45, 7) is 7.99. The fraction of sp³-hybridized carbons (Fsp3) is 0.367. The summed E-state index contributed by atoms with van der Waals surface area (Å²) in [4.78, 5) is 39.5. The monoisotopic (exact) mass is 534 g/mol. The van der Waals surface area contributed by atoms with E-state index in [1.165, 1.54) is 16.9 Å². The van der Waals surface area contributed by atoms with Gasteiger partial charge in [-0.2, -0.15) is 0 Å². The minimum atomic E-state index is -0.729. The number of hydrogen-bond donors (Lipinski definition) is 2. The molecule has 200 valence electrons. The van der Waals surface area contributed by atoms with Crippen molar-refractivity contribution in [3.05, 3.63) is 75.7 Å². The molecule has 0 bridgehead atoms. The molecule has 0 unspecified atom stereocenters.